The highest BCUT2D eigenvalue weighted by molar-refractivity contribution is 7.13. The van der Waals surface area contributed by atoms with E-state index in [1.54, 1.807) is 7.11 Å². The van der Waals surface area contributed by atoms with Crippen LogP contribution in [0.5, 0.6) is 16.7 Å². The maximum atomic E-state index is 5.63. The minimum absolute atomic E-state index is 0.426. The third-order valence-electron chi connectivity index (χ3n) is 2.37. The van der Waals surface area contributed by atoms with E-state index in [9.17, 15) is 0 Å². The molecule has 2 aromatic rings. The molecule has 2 rings (SSSR count). The molecule has 5 nitrogen and oxygen atoms in total. The maximum Gasteiger partial charge on any atom is 0.299 e. The largest absolute Gasteiger partial charge is 0.497 e. The molecule has 0 aliphatic heterocycles. The van der Waals surface area contributed by atoms with Gasteiger partial charge < -0.3 is 14.8 Å². The fourth-order valence-corrected chi connectivity index (χ4v) is 2.05. The lowest BCUT2D eigenvalue weighted by molar-refractivity contribution is 0.412. The fourth-order valence-electron chi connectivity index (χ4n) is 1.39. The summed E-state index contributed by atoms with van der Waals surface area (Å²) in [7, 11) is 1.63. The van der Waals surface area contributed by atoms with Gasteiger partial charge in [0.25, 0.3) is 5.19 Å². The predicted octanol–water partition coefficient (Wildman–Crippen LogP) is 2.84. The molecule has 0 fully saturated rings. The highest BCUT2D eigenvalue weighted by atomic mass is 32.1. The van der Waals surface area contributed by atoms with Crippen molar-refractivity contribution in [2.24, 2.45) is 0 Å². The van der Waals surface area contributed by atoms with Crippen LogP contribution in [0.25, 0.3) is 0 Å². The van der Waals surface area contributed by atoms with Gasteiger partial charge in [-0.05, 0) is 24.3 Å². The van der Waals surface area contributed by atoms with Gasteiger partial charge in [0.05, 0.1) is 13.7 Å². The van der Waals surface area contributed by atoms with E-state index in [2.05, 4.69) is 29.4 Å². The van der Waals surface area contributed by atoms with Gasteiger partial charge in [-0.15, -0.1) is 5.10 Å². The van der Waals surface area contributed by atoms with Crippen molar-refractivity contribution in [1.82, 2.24) is 15.5 Å². The number of methoxy groups -OCH3 is 1. The monoisotopic (exact) mass is 279 g/mol. The van der Waals surface area contributed by atoms with E-state index in [-0.39, 0.29) is 0 Å². The summed E-state index contributed by atoms with van der Waals surface area (Å²) in [5.74, 6) is 1.52. The standard InChI is InChI=1S/C13H17N3O2S/c1-9(2)14-8-12-15-16-13(19-12)18-11-6-4-10(17-3)5-7-11/h4-7,9,14H,8H2,1-3H3. The molecule has 0 aliphatic rings. The van der Waals surface area contributed by atoms with Gasteiger partial charge in [-0.2, -0.15) is 0 Å². The third-order valence-corrected chi connectivity index (χ3v) is 3.18. The molecule has 6 heteroatoms. The molecule has 1 aromatic carbocycles. The second-order valence-electron chi connectivity index (χ2n) is 4.27. The Bertz CT molecular complexity index is 511. The second-order valence-corrected chi connectivity index (χ2v) is 5.30. The van der Waals surface area contributed by atoms with Crippen LogP contribution in [0.4, 0.5) is 0 Å². The topological polar surface area (TPSA) is 56.3 Å². The Morgan fingerprint density at radius 2 is 1.84 bits per heavy atom. The molecule has 1 heterocycles. The maximum absolute atomic E-state index is 5.63. The predicted molar refractivity (Wildman–Crippen MR) is 75.0 cm³/mol. The van der Waals surface area contributed by atoms with Gasteiger partial charge in [0.15, 0.2) is 0 Å². The lowest BCUT2D eigenvalue weighted by Crippen LogP contribution is -2.21. The molecule has 0 aliphatic carbocycles. The lowest BCUT2D eigenvalue weighted by Gasteiger charge is -2.04. The Kier molecular flexibility index (Phi) is 4.70. The number of nitrogens with zero attached hydrogens (tertiary/aromatic N) is 2. The van der Waals surface area contributed by atoms with Crippen LogP contribution in [0.2, 0.25) is 0 Å². The van der Waals surface area contributed by atoms with Crippen LogP contribution >= 0.6 is 11.3 Å². The van der Waals surface area contributed by atoms with Crippen LogP contribution in [0, 0.1) is 0 Å². The average Bonchev–Trinajstić information content (AvgIpc) is 2.85. The minimum Gasteiger partial charge on any atom is -0.497 e. The molecule has 0 saturated heterocycles. The average molecular weight is 279 g/mol. The van der Waals surface area contributed by atoms with Crippen LogP contribution in [0.3, 0.4) is 0 Å². The highest BCUT2D eigenvalue weighted by Crippen LogP contribution is 2.26. The summed E-state index contributed by atoms with van der Waals surface area (Å²) in [5, 5.41) is 12.8. The van der Waals surface area contributed by atoms with Crippen molar-refractivity contribution in [3.8, 4) is 16.7 Å². The van der Waals surface area contributed by atoms with E-state index in [4.69, 9.17) is 9.47 Å². The summed E-state index contributed by atoms with van der Waals surface area (Å²) in [5.41, 5.74) is 0. The van der Waals surface area contributed by atoms with Gasteiger partial charge >= 0.3 is 0 Å². The number of ether oxygens (including phenoxy) is 2. The zero-order valence-electron chi connectivity index (χ0n) is 11.2. The summed E-state index contributed by atoms with van der Waals surface area (Å²) in [6.45, 7) is 4.90. The molecule has 0 radical (unpaired) electrons. The van der Waals surface area contributed by atoms with E-state index < -0.39 is 0 Å². The molecule has 102 valence electrons. The molecule has 1 aromatic heterocycles. The number of rotatable bonds is 6. The van der Waals surface area contributed by atoms with Crippen molar-refractivity contribution in [2.75, 3.05) is 7.11 Å². The van der Waals surface area contributed by atoms with Gasteiger partial charge in [0.1, 0.15) is 16.5 Å². The van der Waals surface area contributed by atoms with Gasteiger partial charge in [-0.1, -0.05) is 30.3 Å². The minimum atomic E-state index is 0.426. The van der Waals surface area contributed by atoms with Gasteiger partial charge in [-0.3, -0.25) is 0 Å². The van der Waals surface area contributed by atoms with E-state index in [1.165, 1.54) is 11.3 Å². The van der Waals surface area contributed by atoms with Crippen molar-refractivity contribution in [3.63, 3.8) is 0 Å². The summed E-state index contributed by atoms with van der Waals surface area (Å²) < 4.78 is 10.7. The molecule has 0 atom stereocenters. The van der Waals surface area contributed by atoms with E-state index in [0.29, 0.717) is 17.8 Å². The van der Waals surface area contributed by atoms with Gasteiger partial charge in [0, 0.05) is 6.04 Å². The van der Waals surface area contributed by atoms with Crippen molar-refractivity contribution in [3.05, 3.63) is 29.3 Å². The zero-order chi connectivity index (χ0) is 13.7. The third kappa shape index (κ3) is 4.18. The first-order valence-corrected chi connectivity index (χ1v) is 6.86. The summed E-state index contributed by atoms with van der Waals surface area (Å²) >= 11 is 1.44. The number of nitrogens with one attached hydrogen (secondary N) is 1. The molecular formula is C13H17N3O2S. The molecule has 1 N–H and O–H groups in total. The highest BCUT2D eigenvalue weighted by Gasteiger charge is 2.06. The van der Waals surface area contributed by atoms with Crippen LogP contribution < -0.4 is 14.8 Å². The molecule has 0 spiro atoms. The molecule has 0 unspecified atom stereocenters. The first-order valence-electron chi connectivity index (χ1n) is 6.05. The summed E-state index contributed by atoms with van der Waals surface area (Å²) in [4.78, 5) is 0. The summed E-state index contributed by atoms with van der Waals surface area (Å²) in [6.07, 6.45) is 0. The Labute approximate surface area is 116 Å². The SMILES string of the molecule is COc1ccc(Oc2nnc(CNC(C)C)s2)cc1. The number of aromatic nitrogens is 2. The Morgan fingerprint density at radius 1 is 1.16 bits per heavy atom. The molecule has 19 heavy (non-hydrogen) atoms. The zero-order valence-corrected chi connectivity index (χ0v) is 12.0. The molecule has 0 bridgehead atoms. The second kappa shape index (κ2) is 6.49. The van der Waals surface area contributed by atoms with Crippen molar-refractivity contribution < 1.29 is 9.47 Å². The molecule has 0 saturated carbocycles. The van der Waals surface area contributed by atoms with Crippen molar-refractivity contribution >= 4 is 11.3 Å². The van der Waals surface area contributed by atoms with Crippen LogP contribution in [-0.4, -0.2) is 23.3 Å². The van der Waals surface area contributed by atoms with Crippen molar-refractivity contribution in [2.45, 2.75) is 26.4 Å². The van der Waals surface area contributed by atoms with Crippen LogP contribution in [0.15, 0.2) is 24.3 Å². The number of benzene rings is 1. The Morgan fingerprint density at radius 3 is 2.47 bits per heavy atom. The van der Waals surface area contributed by atoms with E-state index in [1.807, 2.05) is 24.3 Å². The first-order chi connectivity index (χ1) is 9.17. The van der Waals surface area contributed by atoms with Crippen LogP contribution in [0.1, 0.15) is 18.9 Å². The smallest absolute Gasteiger partial charge is 0.299 e. The fraction of sp³-hybridized carbons (Fsp3) is 0.385. The lowest BCUT2D eigenvalue weighted by atomic mass is 10.3. The van der Waals surface area contributed by atoms with Gasteiger partial charge in [-0.25, -0.2) is 0 Å². The quantitative estimate of drug-likeness (QED) is 0.881. The van der Waals surface area contributed by atoms with E-state index >= 15 is 0 Å². The first kappa shape index (κ1) is 13.8. The van der Waals surface area contributed by atoms with Crippen LogP contribution in [-0.2, 0) is 6.54 Å². The number of hydrogen-bond donors (Lipinski definition) is 1. The normalized spacial score (nSPS) is 10.7. The van der Waals surface area contributed by atoms with Gasteiger partial charge in [0.2, 0.25) is 0 Å². The molecular weight excluding hydrogens is 262 g/mol. The summed E-state index contributed by atoms with van der Waals surface area (Å²) in [6, 6.07) is 7.79. The van der Waals surface area contributed by atoms with E-state index in [0.717, 1.165) is 16.5 Å². The molecule has 0 amide bonds. The number of hydrogen-bond acceptors (Lipinski definition) is 6. The Balaban J connectivity index is 1.95. The van der Waals surface area contributed by atoms with Crippen molar-refractivity contribution in [1.29, 1.82) is 0 Å². The Hall–Kier alpha value is -1.66.